The van der Waals surface area contributed by atoms with Crippen molar-refractivity contribution in [3.63, 3.8) is 0 Å². The van der Waals surface area contributed by atoms with Gasteiger partial charge in [-0.1, -0.05) is 36.0 Å². The molecule has 1 aliphatic rings. The number of aromatic nitrogens is 3. The number of hydrogen-bond acceptors (Lipinski definition) is 5. The molecule has 1 atom stereocenters. The second-order valence-electron chi connectivity index (χ2n) is 6.72. The maximum atomic E-state index is 13.0. The maximum absolute atomic E-state index is 13.0. The zero-order valence-corrected chi connectivity index (χ0v) is 16.3. The normalized spacial score (nSPS) is 16.6. The Balaban J connectivity index is 1.58. The molecular weight excluding hydrogens is 376 g/mol. The SMILES string of the molecule is C=CCn1c(SCC(=O)NC[C@H]2CCCO2)nc2c([nH]c3ccccc32)c1=O. The van der Waals surface area contributed by atoms with E-state index in [1.54, 1.807) is 10.6 Å². The van der Waals surface area contributed by atoms with E-state index in [4.69, 9.17) is 9.72 Å². The molecule has 3 heterocycles. The van der Waals surface area contributed by atoms with E-state index in [-0.39, 0.29) is 23.3 Å². The molecule has 1 aromatic carbocycles. The number of amides is 1. The van der Waals surface area contributed by atoms with E-state index in [0.29, 0.717) is 29.3 Å². The third kappa shape index (κ3) is 3.70. The zero-order valence-electron chi connectivity index (χ0n) is 15.4. The van der Waals surface area contributed by atoms with Crippen molar-refractivity contribution in [1.29, 1.82) is 0 Å². The van der Waals surface area contributed by atoms with Gasteiger partial charge >= 0.3 is 0 Å². The highest BCUT2D eigenvalue weighted by Crippen LogP contribution is 2.24. The van der Waals surface area contributed by atoms with Gasteiger partial charge < -0.3 is 15.0 Å². The Morgan fingerprint density at radius 3 is 3.11 bits per heavy atom. The number of H-pyrrole nitrogens is 1. The van der Waals surface area contributed by atoms with Crippen LogP contribution in [0.3, 0.4) is 0 Å². The molecular formula is C20H22N4O3S. The number of hydrogen-bond donors (Lipinski definition) is 2. The first-order chi connectivity index (χ1) is 13.7. The first kappa shape index (κ1) is 18.8. The molecule has 146 valence electrons. The highest BCUT2D eigenvalue weighted by molar-refractivity contribution is 7.99. The molecule has 7 nitrogen and oxygen atoms in total. The van der Waals surface area contributed by atoms with Gasteiger partial charge in [-0.05, 0) is 18.9 Å². The average Bonchev–Trinajstić information content (AvgIpc) is 3.35. The molecule has 0 saturated carbocycles. The minimum absolute atomic E-state index is 0.0982. The molecule has 1 fully saturated rings. The minimum Gasteiger partial charge on any atom is -0.376 e. The van der Waals surface area contributed by atoms with E-state index in [2.05, 4.69) is 16.9 Å². The van der Waals surface area contributed by atoms with Gasteiger partial charge in [-0.3, -0.25) is 14.2 Å². The predicted molar refractivity (Wildman–Crippen MR) is 111 cm³/mol. The van der Waals surface area contributed by atoms with Crippen LogP contribution in [0, 0.1) is 0 Å². The molecule has 1 saturated heterocycles. The van der Waals surface area contributed by atoms with Crippen molar-refractivity contribution in [1.82, 2.24) is 19.9 Å². The first-order valence-corrected chi connectivity index (χ1v) is 10.3. The van der Waals surface area contributed by atoms with E-state index in [1.807, 2.05) is 24.3 Å². The number of carbonyl (C=O) groups excluding carboxylic acids is 1. The summed E-state index contributed by atoms with van der Waals surface area (Å²) in [5.41, 5.74) is 1.80. The average molecular weight is 398 g/mol. The third-order valence-electron chi connectivity index (χ3n) is 4.77. The fourth-order valence-electron chi connectivity index (χ4n) is 3.39. The summed E-state index contributed by atoms with van der Waals surface area (Å²) >= 11 is 1.26. The van der Waals surface area contributed by atoms with Gasteiger partial charge in [0.05, 0.1) is 11.9 Å². The van der Waals surface area contributed by atoms with Crippen LogP contribution in [0.5, 0.6) is 0 Å². The standard InChI is InChI=1S/C20H22N4O3S/c1-2-9-24-19(26)18-17(14-7-3-4-8-15(14)22-18)23-20(24)28-12-16(25)21-11-13-6-5-10-27-13/h2-4,7-8,13,22H,1,5-6,9-12H2,(H,21,25)/t13-/m1/s1. The number of allylic oxidation sites excluding steroid dienone is 1. The summed E-state index contributed by atoms with van der Waals surface area (Å²) in [6.07, 6.45) is 3.77. The molecule has 0 unspecified atom stereocenters. The highest BCUT2D eigenvalue weighted by atomic mass is 32.2. The fourth-order valence-corrected chi connectivity index (χ4v) is 4.22. The van der Waals surface area contributed by atoms with Gasteiger partial charge in [0.1, 0.15) is 11.0 Å². The lowest BCUT2D eigenvalue weighted by atomic mass is 10.2. The van der Waals surface area contributed by atoms with Crippen LogP contribution in [-0.4, -0.2) is 45.5 Å². The van der Waals surface area contributed by atoms with Crippen LogP contribution < -0.4 is 10.9 Å². The minimum atomic E-state index is -0.164. The Labute approximate surface area is 166 Å². The van der Waals surface area contributed by atoms with Crippen LogP contribution in [0.2, 0.25) is 0 Å². The lowest BCUT2D eigenvalue weighted by Gasteiger charge is -2.12. The summed E-state index contributed by atoms with van der Waals surface area (Å²) in [5.74, 6) is 0.0865. The summed E-state index contributed by atoms with van der Waals surface area (Å²) in [7, 11) is 0. The topological polar surface area (TPSA) is 89.0 Å². The molecule has 0 spiro atoms. The number of para-hydroxylation sites is 1. The summed E-state index contributed by atoms with van der Waals surface area (Å²) in [4.78, 5) is 33.0. The van der Waals surface area contributed by atoms with E-state index in [9.17, 15) is 9.59 Å². The lowest BCUT2D eigenvalue weighted by molar-refractivity contribution is -0.119. The molecule has 2 aromatic heterocycles. The summed E-state index contributed by atoms with van der Waals surface area (Å²) in [6, 6.07) is 7.67. The van der Waals surface area contributed by atoms with Gasteiger partial charge in [0.25, 0.3) is 5.56 Å². The van der Waals surface area contributed by atoms with Crippen molar-refractivity contribution in [2.24, 2.45) is 0 Å². The van der Waals surface area contributed by atoms with Gasteiger partial charge in [0.2, 0.25) is 5.91 Å². The number of nitrogens with one attached hydrogen (secondary N) is 2. The lowest BCUT2D eigenvalue weighted by Crippen LogP contribution is -2.33. The van der Waals surface area contributed by atoms with Crippen molar-refractivity contribution in [2.45, 2.75) is 30.6 Å². The second-order valence-corrected chi connectivity index (χ2v) is 7.66. The zero-order chi connectivity index (χ0) is 19.5. The van der Waals surface area contributed by atoms with Crippen molar-refractivity contribution in [2.75, 3.05) is 18.9 Å². The number of ether oxygens (including phenoxy) is 1. The smallest absolute Gasteiger partial charge is 0.278 e. The highest BCUT2D eigenvalue weighted by Gasteiger charge is 2.18. The van der Waals surface area contributed by atoms with E-state index >= 15 is 0 Å². The molecule has 28 heavy (non-hydrogen) atoms. The van der Waals surface area contributed by atoms with Crippen LogP contribution >= 0.6 is 11.8 Å². The Morgan fingerprint density at radius 1 is 1.46 bits per heavy atom. The number of thioether (sulfide) groups is 1. The van der Waals surface area contributed by atoms with Crippen LogP contribution in [0.4, 0.5) is 0 Å². The summed E-state index contributed by atoms with van der Waals surface area (Å²) < 4.78 is 7.06. The largest absolute Gasteiger partial charge is 0.376 e. The van der Waals surface area contributed by atoms with Crippen LogP contribution in [0.25, 0.3) is 21.9 Å². The number of fused-ring (bicyclic) bond motifs is 3. The van der Waals surface area contributed by atoms with E-state index < -0.39 is 0 Å². The Hall–Kier alpha value is -2.58. The number of nitrogens with zero attached hydrogens (tertiary/aromatic N) is 2. The van der Waals surface area contributed by atoms with Gasteiger partial charge in [-0.2, -0.15) is 0 Å². The molecule has 3 aromatic rings. The number of benzene rings is 1. The Morgan fingerprint density at radius 2 is 2.32 bits per heavy atom. The molecule has 1 aliphatic heterocycles. The van der Waals surface area contributed by atoms with Crippen LogP contribution in [0.15, 0.2) is 46.9 Å². The van der Waals surface area contributed by atoms with Crippen molar-refractivity contribution < 1.29 is 9.53 Å². The molecule has 0 radical (unpaired) electrons. The van der Waals surface area contributed by atoms with Gasteiger partial charge in [0.15, 0.2) is 5.16 Å². The summed E-state index contributed by atoms with van der Waals surface area (Å²) in [6.45, 7) is 5.34. The van der Waals surface area contributed by atoms with Crippen molar-refractivity contribution in [3.8, 4) is 0 Å². The number of rotatable bonds is 7. The number of aromatic amines is 1. The predicted octanol–water partition coefficient (Wildman–Crippen LogP) is 2.45. The monoisotopic (exact) mass is 398 g/mol. The van der Waals surface area contributed by atoms with Gasteiger partial charge in [-0.25, -0.2) is 4.98 Å². The van der Waals surface area contributed by atoms with Gasteiger partial charge in [0, 0.05) is 30.6 Å². The molecule has 4 rings (SSSR count). The van der Waals surface area contributed by atoms with Crippen molar-refractivity contribution >= 4 is 39.6 Å². The molecule has 8 heteroatoms. The summed E-state index contributed by atoms with van der Waals surface area (Å²) in [5, 5.41) is 4.30. The molecule has 0 bridgehead atoms. The third-order valence-corrected chi connectivity index (χ3v) is 5.75. The Kier molecular flexibility index (Phi) is 5.50. The molecule has 2 N–H and O–H groups in total. The first-order valence-electron chi connectivity index (χ1n) is 9.30. The van der Waals surface area contributed by atoms with E-state index in [0.717, 1.165) is 30.4 Å². The molecule has 0 aliphatic carbocycles. The van der Waals surface area contributed by atoms with Gasteiger partial charge in [-0.15, -0.1) is 6.58 Å². The van der Waals surface area contributed by atoms with Crippen LogP contribution in [0.1, 0.15) is 12.8 Å². The van der Waals surface area contributed by atoms with E-state index in [1.165, 1.54) is 11.8 Å². The second kappa shape index (κ2) is 8.20. The van der Waals surface area contributed by atoms with Crippen LogP contribution in [-0.2, 0) is 16.1 Å². The maximum Gasteiger partial charge on any atom is 0.278 e. The fraction of sp³-hybridized carbons (Fsp3) is 0.350. The quantitative estimate of drug-likeness (QED) is 0.363. The number of carbonyl (C=O) groups is 1. The molecule has 1 amide bonds. The van der Waals surface area contributed by atoms with Crippen molar-refractivity contribution in [3.05, 3.63) is 47.3 Å². The Bertz CT molecular complexity index is 1080.